The van der Waals surface area contributed by atoms with Gasteiger partial charge in [-0.3, -0.25) is 4.90 Å². The number of terminal acetylenes is 1. The minimum atomic E-state index is -1.66. The van der Waals surface area contributed by atoms with E-state index < -0.39 is 17.4 Å². The van der Waals surface area contributed by atoms with Crippen molar-refractivity contribution in [2.75, 3.05) is 13.1 Å². The fourth-order valence-electron chi connectivity index (χ4n) is 1.11. The van der Waals surface area contributed by atoms with Crippen LogP contribution in [-0.2, 0) is 4.74 Å². The lowest BCUT2D eigenvalue weighted by Crippen LogP contribution is -2.60. The Morgan fingerprint density at radius 3 is 2.43 bits per heavy atom. The number of hydrogen-bond donors (Lipinski definition) is 0. The van der Waals surface area contributed by atoms with Crippen LogP contribution in [0.5, 0.6) is 0 Å². The summed E-state index contributed by atoms with van der Waals surface area (Å²) in [7, 11) is 0. The number of nitrogens with zero attached hydrogens (tertiary/aromatic N) is 1. The molecule has 0 atom stereocenters. The SMILES string of the molecule is C#CC1(F)CN(C(=O)OC(C)(C)C)C1. The minimum absolute atomic E-state index is 0.0710. The molecule has 4 heteroatoms. The molecule has 0 spiro atoms. The smallest absolute Gasteiger partial charge is 0.410 e. The number of amides is 1. The zero-order valence-corrected chi connectivity index (χ0v) is 8.63. The fraction of sp³-hybridized carbons (Fsp3) is 0.700. The second-order valence-electron chi connectivity index (χ2n) is 4.45. The molecule has 0 aromatic rings. The second kappa shape index (κ2) is 3.16. The molecule has 1 saturated heterocycles. The van der Waals surface area contributed by atoms with Gasteiger partial charge < -0.3 is 4.74 Å². The average Bonchev–Trinajstić information content (AvgIpc) is 1.95. The van der Waals surface area contributed by atoms with E-state index in [-0.39, 0.29) is 13.1 Å². The molecule has 1 aliphatic rings. The predicted octanol–water partition coefficient (Wildman–Crippen LogP) is 1.58. The Labute approximate surface area is 83.2 Å². The zero-order valence-electron chi connectivity index (χ0n) is 8.63. The third-order valence-electron chi connectivity index (χ3n) is 1.79. The van der Waals surface area contributed by atoms with E-state index in [0.717, 1.165) is 0 Å². The van der Waals surface area contributed by atoms with Crippen LogP contribution in [0.1, 0.15) is 20.8 Å². The highest BCUT2D eigenvalue weighted by Gasteiger charge is 2.45. The lowest BCUT2D eigenvalue weighted by Gasteiger charge is -2.41. The number of alkyl halides is 1. The largest absolute Gasteiger partial charge is 0.444 e. The molecule has 78 valence electrons. The molecule has 1 rings (SSSR count). The van der Waals surface area contributed by atoms with Crippen LogP contribution < -0.4 is 0 Å². The molecule has 14 heavy (non-hydrogen) atoms. The first-order valence-electron chi connectivity index (χ1n) is 4.40. The molecule has 1 amide bonds. The third kappa shape index (κ3) is 2.38. The van der Waals surface area contributed by atoms with Crippen molar-refractivity contribution >= 4 is 6.09 Å². The van der Waals surface area contributed by atoms with Crippen LogP contribution in [-0.4, -0.2) is 35.4 Å². The first-order chi connectivity index (χ1) is 6.26. The van der Waals surface area contributed by atoms with Crippen LogP contribution in [0.2, 0.25) is 0 Å². The maximum absolute atomic E-state index is 13.2. The maximum atomic E-state index is 13.2. The quantitative estimate of drug-likeness (QED) is 0.554. The lowest BCUT2D eigenvalue weighted by atomic mass is 9.98. The molecule has 0 aromatic heterocycles. The number of carbonyl (C=O) groups excluding carboxylic acids is 1. The van der Waals surface area contributed by atoms with Crippen LogP contribution in [0.25, 0.3) is 0 Å². The molecule has 1 fully saturated rings. The minimum Gasteiger partial charge on any atom is -0.444 e. The Kier molecular flexibility index (Phi) is 2.45. The first kappa shape index (κ1) is 10.8. The Bertz CT molecular complexity index is 281. The number of halogens is 1. The molecule has 0 aliphatic carbocycles. The number of rotatable bonds is 0. The summed E-state index contributed by atoms with van der Waals surface area (Å²) in [5, 5.41) is 0. The van der Waals surface area contributed by atoms with Crippen LogP contribution in [0.4, 0.5) is 9.18 Å². The highest BCUT2D eigenvalue weighted by molar-refractivity contribution is 5.70. The van der Waals surface area contributed by atoms with Crippen LogP contribution >= 0.6 is 0 Å². The van der Waals surface area contributed by atoms with Gasteiger partial charge in [-0.15, -0.1) is 6.42 Å². The van der Waals surface area contributed by atoms with Crippen molar-refractivity contribution in [1.82, 2.24) is 4.90 Å². The van der Waals surface area contributed by atoms with Crippen molar-refractivity contribution in [1.29, 1.82) is 0 Å². The zero-order chi connectivity index (χ0) is 11.0. The number of carbonyl (C=O) groups is 1. The van der Waals surface area contributed by atoms with Gasteiger partial charge >= 0.3 is 6.09 Å². The monoisotopic (exact) mass is 199 g/mol. The van der Waals surface area contributed by atoms with Gasteiger partial charge in [0.1, 0.15) is 5.60 Å². The van der Waals surface area contributed by atoms with Crippen molar-refractivity contribution in [3.05, 3.63) is 0 Å². The van der Waals surface area contributed by atoms with Crippen LogP contribution in [0.3, 0.4) is 0 Å². The number of hydrogen-bond acceptors (Lipinski definition) is 2. The van der Waals surface area contributed by atoms with E-state index in [1.807, 2.05) is 5.92 Å². The van der Waals surface area contributed by atoms with Crippen molar-refractivity contribution in [2.24, 2.45) is 0 Å². The van der Waals surface area contributed by atoms with E-state index >= 15 is 0 Å². The lowest BCUT2D eigenvalue weighted by molar-refractivity contribution is -0.0270. The number of likely N-dealkylation sites (tertiary alicyclic amines) is 1. The molecule has 0 N–H and O–H groups in total. The predicted molar refractivity (Wildman–Crippen MR) is 50.5 cm³/mol. The molecular formula is C10H14FNO2. The van der Waals surface area contributed by atoms with Gasteiger partial charge in [-0.25, -0.2) is 9.18 Å². The summed E-state index contributed by atoms with van der Waals surface area (Å²) in [6.45, 7) is 5.13. The molecule has 1 aliphatic heterocycles. The second-order valence-corrected chi connectivity index (χ2v) is 4.45. The van der Waals surface area contributed by atoms with Crippen molar-refractivity contribution in [2.45, 2.75) is 32.0 Å². The van der Waals surface area contributed by atoms with Crippen molar-refractivity contribution in [3.63, 3.8) is 0 Å². The summed E-state index contributed by atoms with van der Waals surface area (Å²) in [6, 6.07) is 0. The van der Waals surface area contributed by atoms with Gasteiger partial charge in [0.25, 0.3) is 0 Å². The van der Waals surface area contributed by atoms with Gasteiger partial charge in [-0.2, -0.15) is 0 Å². The van der Waals surface area contributed by atoms with Gasteiger partial charge in [-0.05, 0) is 20.8 Å². The summed E-state index contributed by atoms with van der Waals surface area (Å²) in [5.74, 6) is 2.01. The molecule has 1 heterocycles. The highest BCUT2D eigenvalue weighted by atomic mass is 19.1. The van der Waals surface area contributed by atoms with Crippen LogP contribution in [0, 0.1) is 12.3 Å². The molecule has 0 bridgehead atoms. The van der Waals surface area contributed by atoms with E-state index in [1.54, 1.807) is 20.8 Å². The highest BCUT2D eigenvalue weighted by Crippen LogP contribution is 2.26. The van der Waals surface area contributed by atoms with E-state index in [9.17, 15) is 9.18 Å². The Balaban J connectivity index is 2.42. The fourth-order valence-corrected chi connectivity index (χ4v) is 1.11. The maximum Gasteiger partial charge on any atom is 0.410 e. The van der Waals surface area contributed by atoms with E-state index in [0.29, 0.717) is 0 Å². The molecule has 0 radical (unpaired) electrons. The summed E-state index contributed by atoms with van der Waals surface area (Å²) in [5.41, 5.74) is -2.21. The van der Waals surface area contributed by atoms with Crippen LogP contribution in [0.15, 0.2) is 0 Å². The Morgan fingerprint density at radius 1 is 1.57 bits per heavy atom. The molecular weight excluding hydrogens is 185 g/mol. The van der Waals surface area contributed by atoms with E-state index in [1.165, 1.54) is 4.90 Å². The molecule has 0 unspecified atom stereocenters. The summed E-state index contributed by atoms with van der Waals surface area (Å²) >= 11 is 0. The van der Waals surface area contributed by atoms with Gasteiger partial charge in [0, 0.05) is 0 Å². The summed E-state index contributed by atoms with van der Waals surface area (Å²) in [4.78, 5) is 12.6. The third-order valence-corrected chi connectivity index (χ3v) is 1.79. The summed E-state index contributed by atoms with van der Waals surface area (Å²) < 4.78 is 18.2. The van der Waals surface area contributed by atoms with Crippen molar-refractivity contribution in [3.8, 4) is 12.3 Å². The van der Waals surface area contributed by atoms with E-state index in [2.05, 4.69) is 0 Å². The molecule has 0 saturated carbocycles. The summed E-state index contributed by atoms with van der Waals surface area (Å²) in [6.07, 6.45) is 4.44. The molecule has 0 aromatic carbocycles. The standard InChI is InChI=1S/C10H14FNO2/c1-5-10(11)6-12(7-10)8(13)14-9(2,3)4/h1H,6-7H2,2-4H3. The van der Waals surface area contributed by atoms with Gasteiger partial charge in [0.05, 0.1) is 13.1 Å². The van der Waals surface area contributed by atoms with E-state index in [4.69, 9.17) is 11.2 Å². The van der Waals surface area contributed by atoms with Gasteiger partial charge in [0.15, 0.2) is 0 Å². The molecule has 3 nitrogen and oxygen atoms in total. The Morgan fingerprint density at radius 2 is 2.07 bits per heavy atom. The average molecular weight is 199 g/mol. The van der Waals surface area contributed by atoms with Crippen molar-refractivity contribution < 1.29 is 13.9 Å². The number of ether oxygens (including phenoxy) is 1. The first-order valence-corrected chi connectivity index (χ1v) is 4.40. The normalized spacial score (nSPS) is 19.5. The van der Waals surface area contributed by atoms with Gasteiger partial charge in [0.2, 0.25) is 5.67 Å². The topological polar surface area (TPSA) is 29.5 Å². The Hall–Kier alpha value is -1.24. The van der Waals surface area contributed by atoms with Gasteiger partial charge in [-0.1, -0.05) is 5.92 Å².